The van der Waals surface area contributed by atoms with Gasteiger partial charge in [-0.1, -0.05) is 18.2 Å². The molecule has 3 rings (SSSR count). The fourth-order valence-electron chi connectivity index (χ4n) is 2.92. The summed E-state index contributed by atoms with van der Waals surface area (Å²) in [4.78, 5) is 6.40. The van der Waals surface area contributed by atoms with Gasteiger partial charge in [-0.15, -0.1) is 24.0 Å². The maximum atomic E-state index is 5.42. The molecule has 28 heavy (non-hydrogen) atoms. The molecule has 0 bridgehead atoms. The molecule has 0 fully saturated rings. The van der Waals surface area contributed by atoms with Gasteiger partial charge in [0.1, 0.15) is 0 Å². The Bertz CT molecular complexity index is 778. The fourth-order valence-corrected chi connectivity index (χ4v) is 2.92. The largest absolute Gasteiger partial charge is 0.454 e. The molecular weight excluding hydrogens is 467 g/mol. The Kier molecular flexibility index (Phi) is 8.69. The third-order valence-corrected chi connectivity index (χ3v) is 4.51. The van der Waals surface area contributed by atoms with Gasteiger partial charge >= 0.3 is 0 Å². The molecule has 0 saturated carbocycles. The highest BCUT2D eigenvalue weighted by molar-refractivity contribution is 14.0. The normalized spacial score (nSPS) is 12.3. The molecule has 0 aliphatic carbocycles. The number of nitrogens with zero attached hydrogens (tertiary/aromatic N) is 2. The molecule has 7 heteroatoms. The zero-order valence-corrected chi connectivity index (χ0v) is 19.0. The minimum Gasteiger partial charge on any atom is -0.454 e. The molecule has 0 radical (unpaired) electrons. The molecule has 0 atom stereocenters. The maximum Gasteiger partial charge on any atom is 0.231 e. The molecule has 0 spiro atoms. The molecule has 6 nitrogen and oxygen atoms in total. The lowest BCUT2D eigenvalue weighted by atomic mass is 10.1. The number of benzene rings is 2. The molecule has 1 aliphatic heterocycles. The third-order valence-electron chi connectivity index (χ3n) is 4.51. The third kappa shape index (κ3) is 6.19. The molecule has 152 valence electrons. The molecule has 0 saturated heterocycles. The predicted molar refractivity (Wildman–Crippen MR) is 125 cm³/mol. The van der Waals surface area contributed by atoms with Crippen LogP contribution in [0.15, 0.2) is 47.5 Å². The Morgan fingerprint density at radius 3 is 2.43 bits per heavy atom. The number of rotatable bonds is 7. The molecule has 2 aromatic carbocycles. The topological polar surface area (TPSA) is 58.1 Å². The number of guanidine groups is 1. The van der Waals surface area contributed by atoms with Crippen LogP contribution >= 0.6 is 24.0 Å². The number of hydrogen-bond donors (Lipinski definition) is 2. The van der Waals surface area contributed by atoms with Gasteiger partial charge in [0.15, 0.2) is 17.5 Å². The van der Waals surface area contributed by atoms with Crippen LogP contribution in [0.3, 0.4) is 0 Å². The van der Waals surface area contributed by atoms with E-state index in [1.807, 2.05) is 18.2 Å². The summed E-state index contributed by atoms with van der Waals surface area (Å²) in [5, 5.41) is 6.70. The molecule has 0 aromatic heterocycles. The van der Waals surface area contributed by atoms with Gasteiger partial charge in [0.05, 0.1) is 0 Å². The van der Waals surface area contributed by atoms with Crippen molar-refractivity contribution in [1.29, 1.82) is 0 Å². The minimum absolute atomic E-state index is 0. The molecule has 0 unspecified atom stereocenters. The summed E-state index contributed by atoms with van der Waals surface area (Å²) >= 11 is 0. The van der Waals surface area contributed by atoms with Crippen LogP contribution < -0.4 is 25.0 Å². The SMILES string of the molecule is CN=C(NCCCc1ccc(N(C)C)cc1)NCc1ccc2c(c1)OCO2.I. The highest BCUT2D eigenvalue weighted by atomic mass is 127. The first-order valence-corrected chi connectivity index (χ1v) is 9.25. The summed E-state index contributed by atoms with van der Waals surface area (Å²) in [6, 6.07) is 14.7. The van der Waals surface area contributed by atoms with Crippen LogP contribution in [0.5, 0.6) is 11.5 Å². The maximum absolute atomic E-state index is 5.42. The standard InChI is InChI=1S/C21H28N4O2.HI/c1-22-21(24-14-17-8-11-19-20(13-17)27-15-26-19)23-12-4-5-16-6-9-18(10-7-16)25(2)3;/h6-11,13H,4-5,12,14-15H2,1-3H3,(H2,22,23,24);1H. The first-order valence-electron chi connectivity index (χ1n) is 9.25. The summed E-state index contributed by atoms with van der Waals surface area (Å²) < 4.78 is 10.8. The van der Waals surface area contributed by atoms with E-state index in [9.17, 15) is 0 Å². The Labute approximate surface area is 184 Å². The summed E-state index contributed by atoms with van der Waals surface area (Å²) in [6.07, 6.45) is 2.09. The summed E-state index contributed by atoms with van der Waals surface area (Å²) in [7, 11) is 5.90. The van der Waals surface area contributed by atoms with Crippen LogP contribution in [0.25, 0.3) is 0 Å². The van der Waals surface area contributed by atoms with E-state index >= 15 is 0 Å². The second-order valence-corrected chi connectivity index (χ2v) is 6.70. The fraction of sp³-hybridized carbons (Fsp3) is 0.381. The second-order valence-electron chi connectivity index (χ2n) is 6.70. The zero-order valence-electron chi connectivity index (χ0n) is 16.7. The first-order chi connectivity index (χ1) is 13.2. The summed E-state index contributed by atoms with van der Waals surface area (Å²) in [5.74, 6) is 2.41. The van der Waals surface area contributed by atoms with Crippen molar-refractivity contribution in [2.24, 2.45) is 4.99 Å². The number of ether oxygens (including phenoxy) is 2. The van der Waals surface area contributed by atoms with Gasteiger partial charge in [0.25, 0.3) is 0 Å². The minimum atomic E-state index is 0. The molecule has 1 aliphatic rings. The van der Waals surface area contributed by atoms with Gasteiger partial charge in [-0.2, -0.15) is 0 Å². The van der Waals surface area contributed by atoms with E-state index in [1.165, 1.54) is 11.3 Å². The molecule has 0 amide bonds. The van der Waals surface area contributed by atoms with Crippen molar-refractivity contribution in [1.82, 2.24) is 10.6 Å². The Morgan fingerprint density at radius 2 is 1.71 bits per heavy atom. The van der Waals surface area contributed by atoms with Crippen molar-refractivity contribution >= 4 is 35.6 Å². The van der Waals surface area contributed by atoms with E-state index in [0.717, 1.165) is 42.4 Å². The second kappa shape index (κ2) is 11.0. The van der Waals surface area contributed by atoms with E-state index in [0.29, 0.717) is 13.3 Å². The van der Waals surface area contributed by atoms with Crippen molar-refractivity contribution in [3.63, 3.8) is 0 Å². The van der Waals surface area contributed by atoms with Gasteiger partial charge in [0, 0.05) is 39.9 Å². The number of hydrogen-bond acceptors (Lipinski definition) is 4. The van der Waals surface area contributed by atoms with Gasteiger partial charge in [0.2, 0.25) is 6.79 Å². The Hall–Kier alpha value is -2.16. The predicted octanol–water partition coefficient (Wildman–Crippen LogP) is 3.40. The lowest BCUT2D eigenvalue weighted by molar-refractivity contribution is 0.174. The number of nitrogens with one attached hydrogen (secondary N) is 2. The Balaban J connectivity index is 0.00000280. The van der Waals surface area contributed by atoms with Gasteiger partial charge in [-0.25, -0.2) is 0 Å². The molecule has 2 aromatic rings. The highest BCUT2D eigenvalue weighted by Crippen LogP contribution is 2.32. The van der Waals surface area contributed by atoms with Crippen molar-refractivity contribution in [2.75, 3.05) is 39.4 Å². The van der Waals surface area contributed by atoms with E-state index in [-0.39, 0.29) is 24.0 Å². The van der Waals surface area contributed by atoms with E-state index < -0.39 is 0 Å². The number of fused-ring (bicyclic) bond motifs is 1. The van der Waals surface area contributed by atoms with Crippen molar-refractivity contribution in [3.8, 4) is 11.5 Å². The average molecular weight is 496 g/mol. The quantitative estimate of drug-likeness (QED) is 0.267. The number of halogens is 1. The monoisotopic (exact) mass is 496 g/mol. The summed E-state index contributed by atoms with van der Waals surface area (Å²) in [6.45, 7) is 1.85. The first kappa shape index (κ1) is 22.1. The van der Waals surface area contributed by atoms with Crippen molar-refractivity contribution < 1.29 is 9.47 Å². The summed E-state index contributed by atoms with van der Waals surface area (Å²) in [5.41, 5.74) is 3.71. The lowest BCUT2D eigenvalue weighted by Crippen LogP contribution is -2.37. The lowest BCUT2D eigenvalue weighted by Gasteiger charge is -2.13. The smallest absolute Gasteiger partial charge is 0.231 e. The van der Waals surface area contributed by atoms with Crippen LogP contribution in [0.1, 0.15) is 17.5 Å². The van der Waals surface area contributed by atoms with E-state index in [4.69, 9.17) is 9.47 Å². The average Bonchev–Trinajstić information content (AvgIpc) is 3.15. The van der Waals surface area contributed by atoms with Crippen LogP contribution in [-0.2, 0) is 13.0 Å². The number of anilines is 1. The van der Waals surface area contributed by atoms with Crippen molar-refractivity contribution in [3.05, 3.63) is 53.6 Å². The highest BCUT2D eigenvalue weighted by Gasteiger charge is 2.13. The zero-order chi connectivity index (χ0) is 19.1. The van der Waals surface area contributed by atoms with Gasteiger partial charge in [-0.05, 0) is 48.2 Å². The number of aryl methyl sites for hydroxylation is 1. The molecule has 2 N–H and O–H groups in total. The molecular formula is C21H29IN4O2. The van der Waals surface area contributed by atoms with Crippen molar-refractivity contribution in [2.45, 2.75) is 19.4 Å². The Morgan fingerprint density at radius 1 is 1.00 bits per heavy atom. The van der Waals surface area contributed by atoms with Crippen LogP contribution in [0, 0.1) is 0 Å². The van der Waals surface area contributed by atoms with Crippen LogP contribution in [0.2, 0.25) is 0 Å². The van der Waals surface area contributed by atoms with E-state index in [2.05, 4.69) is 58.9 Å². The number of aliphatic imine (C=N–C) groups is 1. The molecule has 1 heterocycles. The van der Waals surface area contributed by atoms with Gasteiger partial charge in [-0.3, -0.25) is 4.99 Å². The van der Waals surface area contributed by atoms with Crippen LogP contribution in [-0.4, -0.2) is 40.4 Å². The van der Waals surface area contributed by atoms with E-state index in [1.54, 1.807) is 7.05 Å². The van der Waals surface area contributed by atoms with Gasteiger partial charge < -0.3 is 25.0 Å². The van der Waals surface area contributed by atoms with Crippen LogP contribution in [0.4, 0.5) is 5.69 Å².